The summed E-state index contributed by atoms with van der Waals surface area (Å²) in [6.45, 7) is 6.00. The molecule has 0 saturated heterocycles. The van der Waals surface area contributed by atoms with Crippen LogP contribution in [0.2, 0.25) is 0 Å². The van der Waals surface area contributed by atoms with Crippen molar-refractivity contribution in [2.75, 3.05) is 6.54 Å². The highest BCUT2D eigenvalue weighted by atomic mass is 16.5. The quantitative estimate of drug-likeness (QED) is 0.733. The van der Waals surface area contributed by atoms with Crippen molar-refractivity contribution in [3.05, 3.63) is 0 Å². The number of esters is 1. The molecule has 3 unspecified atom stereocenters. The molecule has 0 amide bonds. The molecule has 4 nitrogen and oxygen atoms in total. The molecule has 0 radical (unpaired) electrons. The normalized spacial score (nSPS) is 32.9. The van der Waals surface area contributed by atoms with Gasteiger partial charge in [-0.05, 0) is 38.0 Å². The van der Waals surface area contributed by atoms with Gasteiger partial charge in [-0.2, -0.15) is 0 Å². The van der Waals surface area contributed by atoms with Crippen molar-refractivity contribution in [3.63, 3.8) is 0 Å². The number of aliphatic hydroxyl groups is 1. The maximum atomic E-state index is 11.7. The van der Waals surface area contributed by atoms with Crippen molar-refractivity contribution in [3.8, 4) is 0 Å². The van der Waals surface area contributed by atoms with E-state index in [1.165, 1.54) is 6.42 Å². The maximum absolute atomic E-state index is 11.7. The predicted molar refractivity (Wildman–Crippen MR) is 66.4 cm³/mol. The molecule has 0 aromatic carbocycles. The zero-order chi connectivity index (χ0) is 13.1. The number of nitrogens with two attached hydrogens (primary N) is 1. The first kappa shape index (κ1) is 14.5. The first-order valence-corrected chi connectivity index (χ1v) is 6.44. The van der Waals surface area contributed by atoms with E-state index in [-0.39, 0.29) is 25.0 Å². The highest BCUT2D eigenvalue weighted by molar-refractivity contribution is 5.70. The van der Waals surface area contributed by atoms with Crippen LogP contribution in [0.25, 0.3) is 0 Å². The molecule has 1 saturated carbocycles. The fourth-order valence-corrected chi connectivity index (χ4v) is 2.58. The Balaban J connectivity index is 2.40. The summed E-state index contributed by atoms with van der Waals surface area (Å²) in [6, 6.07) is 0. The molecule has 1 fully saturated rings. The fourth-order valence-electron chi connectivity index (χ4n) is 2.58. The summed E-state index contributed by atoms with van der Waals surface area (Å²) < 4.78 is 5.42. The summed E-state index contributed by atoms with van der Waals surface area (Å²) in [5, 5.41) is 9.70. The predicted octanol–water partition coefficient (Wildman–Crippen LogP) is 1.45. The van der Waals surface area contributed by atoms with E-state index in [1.54, 1.807) is 6.92 Å². The largest absolute Gasteiger partial charge is 0.462 e. The Morgan fingerprint density at radius 1 is 1.35 bits per heavy atom. The van der Waals surface area contributed by atoms with E-state index in [0.29, 0.717) is 11.8 Å². The molecule has 3 atom stereocenters. The molecule has 3 N–H and O–H groups in total. The minimum atomic E-state index is -1.15. The van der Waals surface area contributed by atoms with Crippen LogP contribution >= 0.6 is 0 Å². The third-order valence-electron chi connectivity index (χ3n) is 3.40. The number of hydrogen-bond acceptors (Lipinski definition) is 4. The number of hydrogen-bond donors (Lipinski definition) is 2. The maximum Gasteiger partial charge on any atom is 0.309 e. The molecule has 0 bridgehead atoms. The first-order valence-electron chi connectivity index (χ1n) is 6.44. The van der Waals surface area contributed by atoms with Gasteiger partial charge in [0, 0.05) is 6.54 Å². The Kier molecular flexibility index (Phi) is 4.95. The summed E-state index contributed by atoms with van der Waals surface area (Å²) in [7, 11) is 0. The van der Waals surface area contributed by atoms with Crippen LogP contribution in [0.1, 0.15) is 46.5 Å². The SMILES string of the molecule is CC1CC(C)CC(OC(=O)CC(C)(O)CN)C1. The van der Waals surface area contributed by atoms with Crippen LogP contribution in [0.15, 0.2) is 0 Å². The number of rotatable bonds is 4. The average molecular weight is 243 g/mol. The van der Waals surface area contributed by atoms with Gasteiger partial charge in [0.1, 0.15) is 6.10 Å². The molecule has 0 aliphatic heterocycles. The topological polar surface area (TPSA) is 72.5 Å². The van der Waals surface area contributed by atoms with Gasteiger partial charge in [0.05, 0.1) is 12.0 Å². The first-order chi connectivity index (χ1) is 7.82. The van der Waals surface area contributed by atoms with Crippen LogP contribution < -0.4 is 5.73 Å². The fraction of sp³-hybridized carbons (Fsp3) is 0.923. The Labute approximate surface area is 104 Å². The lowest BCUT2D eigenvalue weighted by atomic mass is 9.82. The van der Waals surface area contributed by atoms with Crippen LogP contribution in [0.4, 0.5) is 0 Å². The molecule has 1 aliphatic carbocycles. The van der Waals surface area contributed by atoms with Crippen LogP contribution in [0, 0.1) is 11.8 Å². The van der Waals surface area contributed by atoms with Crippen LogP contribution in [0.5, 0.6) is 0 Å². The lowest BCUT2D eigenvalue weighted by Gasteiger charge is -2.31. The molecule has 17 heavy (non-hydrogen) atoms. The van der Waals surface area contributed by atoms with Crippen molar-refractivity contribution in [1.82, 2.24) is 0 Å². The van der Waals surface area contributed by atoms with E-state index in [0.717, 1.165) is 12.8 Å². The van der Waals surface area contributed by atoms with Gasteiger partial charge in [0.15, 0.2) is 0 Å². The van der Waals surface area contributed by atoms with Gasteiger partial charge in [0.25, 0.3) is 0 Å². The van der Waals surface area contributed by atoms with Gasteiger partial charge in [-0.25, -0.2) is 0 Å². The molecule has 0 heterocycles. The molecular weight excluding hydrogens is 218 g/mol. The molecule has 0 aromatic rings. The molecule has 0 aromatic heterocycles. The summed E-state index contributed by atoms with van der Waals surface area (Å²) in [5.41, 5.74) is 4.22. The van der Waals surface area contributed by atoms with Gasteiger partial charge < -0.3 is 15.6 Å². The summed E-state index contributed by atoms with van der Waals surface area (Å²) in [4.78, 5) is 11.7. The summed E-state index contributed by atoms with van der Waals surface area (Å²) in [6.07, 6.45) is 3.05. The molecule has 4 heteroatoms. The Bertz CT molecular complexity index is 255. The van der Waals surface area contributed by atoms with Crippen LogP contribution in [-0.4, -0.2) is 29.3 Å². The molecule has 1 aliphatic rings. The molecule has 100 valence electrons. The number of carbonyl (C=O) groups is 1. The molecule has 0 spiro atoms. The monoisotopic (exact) mass is 243 g/mol. The van der Waals surface area contributed by atoms with E-state index in [1.807, 2.05) is 0 Å². The van der Waals surface area contributed by atoms with E-state index < -0.39 is 5.60 Å². The highest BCUT2D eigenvalue weighted by Gasteiger charge is 2.29. The van der Waals surface area contributed by atoms with Gasteiger partial charge in [0.2, 0.25) is 0 Å². The lowest BCUT2D eigenvalue weighted by molar-refractivity contribution is -0.156. The molecular formula is C13H25NO3. The zero-order valence-electron chi connectivity index (χ0n) is 11.1. The average Bonchev–Trinajstić information content (AvgIpc) is 2.14. The second-order valence-corrected chi connectivity index (χ2v) is 5.91. The summed E-state index contributed by atoms with van der Waals surface area (Å²) >= 11 is 0. The van der Waals surface area contributed by atoms with Crippen LogP contribution in [0.3, 0.4) is 0 Å². The smallest absolute Gasteiger partial charge is 0.309 e. The van der Waals surface area contributed by atoms with E-state index >= 15 is 0 Å². The Morgan fingerprint density at radius 2 is 1.88 bits per heavy atom. The number of carbonyl (C=O) groups excluding carboxylic acids is 1. The molecule has 1 rings (SSSR count). The van der Waals surface area contributed by atoms with Crippen molar-refractivity contribution < 1.29 is 14.6 Å². The van der Waals surface area contributed by atoms with Gasteiger partial charge >= 0.3 is 5.97 Å². The van der Waals surface area contributed by atoms with E-state index in [9.17, 15) is 9.90 Å². The highest BCUT2D eigenvalue weighted by Crippen LogP contribution is 2.30. The van der Waals surface area contributed by atoms with Crippen molar-refractivity contribution >= 4 is 5.97 Å². The summed E-state index contributed by atoms with van der Waals surface area (Å²) in [5.74, 6) is 0.866. The zero-order valence-corrected chi connectivity index (χ0v) is 11.1. The van der Waals surface area contributed by atoms with Gasteiger partial charge in [-0.1, -0.05) is 13.8 Å². The third-order valence-corrected chi connectivity index (χ3v) is 3.40. The van der Waals surface area contributed by atoms with Gasteiger partial charge in [-0.3, -0.25) is 4.79 Å². The van der Waals surface area contributed by atoms with Crippen molar-refractivity contribution in [2.45, 2.75) is 58.2 Å². The second kappa shape index (κ2) is 5.83. The standard InChI is InChI=1S/C13H25NO3/c1-9-4-10(2)6-11(5-9)17-12(15)7-13(3,16)8-14/h9-11,16H,4-8,14H2,1-3H3. The minimum Gasteiger partial charge on any atom is -0.462 e. The third kappa shape index (κ3) is 5.04. The second-order valence-electron chi connectivity index (χ2n) is 5.91. The van der Waals surface area contributed by atoms with Crippen LogP contribution in [-0.2, 0) is 9.53 Å². The lowest BCUT2D eigenvalue weighted by Crippen LogP contribution is -2.38. The van der Waals surface area contributed by atoms with E-state index in [2.05, 4.69) is 13.8 Å². The minimum absolute atomic E-state index is 0.00910. The van der Waals surface area contributed by atoms with Gasteiger partial charge in [-0.15, -0.1) is 0 Å². The van der Waals surface area contributed by atoms with E-state index in [4.69, 9.17) is 10.5 Å². The Hall–Kier alpha value is -0.610. The van der Waals surface area contributed by atoms with Crippen molar-refractivity contribution in [1.29, 1.82) is 0 Å². The van der Waals surface area contributed by atoms with Crippen molar-refractivity contribution in [2.24, 2.45) is 17.6 Å². The number of ether oxygens (including phenoxy) is 1. The Morgan fingerprint density at radius 3 is 2.35 bits per heavy atom.